The molecule has 0 fully saturated rings. The molecule has 0 bridgehead atoms. The van der Waals surface area contributed by atoms with Crippen LogP contribution in [0.3, 0.4) is 0 Å². The zero-order valence-electron chi connectivity index (χ0n) is 27.0. The van der Waals surface area contributed by atoms with E-state index in [0.29, 0.717) is 0 Å². The van der Waals surface area contributed by atoms with Crippen LogP contribution in [0.2, 0.25) is 0 Å². The summed E-state index contributed by atoms with van der Waals surface area (Å²) < 4.78 is 1.14. The molecule has 0 radical (unpaired) electrons. The molecule has 0 heterocycles. The predicted octanol–water partition coefficient (Wildman–Crippen LogP) is 13.3. The summed E-state index contributed by atoms with van der Waals surface area (Å²) in [6.07, 6.45) is 0. The van der Waals surface area contributed by atoms with Crippen LogP contribution in [-0.4, -0.2) is 0 Å². The summed E-state index contributed by atoms with van der Waals surface area (Å²) in [5.74, 6) is 0. The first-order chi connectivity index (χ1) is 22.7. The Bertz CT molecular complexity index is 2630. The minimum absolute atomic E-state index is 0.0291. The smallest absolute Gasteiger partial charge is 0.0266 e. The fraction of sp³-hybridized carbons (Fsp3) is 0.130. The maximum atomic E-state index is 4.04. The van der Waals surface area contributed by atoms with Crippen LogP contribution in [0.4, 0.5) is 0 Å². The largest absolute Gasteiger partial charge is 0.0619 e. The van der Waals surface area contributed by atoms with Crippen molar-refractivity contribution in [2.24, 2.45) is 0 Å². The molecule has 8 aromatic carbocycles. The third-order valence-corrected chi connectivity index (χ3v) is 12.1. The summed E-state index contributed by atoms with van der Waals surface area (Å²) in [5.41, 5.74) is 16.1. The number of halogens is 1. The van der Waals surface area contributed by atoms with Gasteiger partial charge in [0.2, 0.25) is 0 Å². The lowest BCUT2D eigenvalue weighted by Gasteiger charge is -2.23. The average molecular weight is 666 g/mol. The molecule has 224 valence electrons. The Morgan fingerprint density at radius 2 is 0.894 bits per heavy atom. The lowest BCUT2D eigenvalue weighted by molar-refractivity contribution is 0.660. The standard InChI is InChI=1S/C46H33Br/c1-45(2)37-11-7-5-9-31(37)33-19-15-27(23-39(33)45)30-18-13-26-14-22-36-42(41(47)25-29-17-21-35(30)43(26)44(29)36)28-16-20-34-32-10-6-8-12-38(32)46(3,4)40(34)24-28/h5-25H,1-4H3. The fourth-order valence-corrected chi connectivity index (χ4v) is 9.81. The van der Waals surface area contributed by atoms with Gasteiger partial charge in [-0.2, -0.15) is 0 Å². The van der Waals surface area contributed by atoms with Crippen LogP contribution < -0.4 is 0 Å². The molecule has 0 aromatic heterocycles. The van der Waals surface area contributed by atoms with Crippen LogP contribution in [0.25, 0.3) is 76.8 Å². The van der Waals surface area contributed by atoms with Crippen molar-refractivity contribution < 1.29 is 0 Å². The molecule has 47 heavy (non-hydrogen) atoms. The Morgan fingerprint density at radius 3 is 1.57 bits per heavy atom. The van der Waals surface area contributed by atoms with Gasteiger partial charge in [-0.25, -0.2) is 0 Å². The van der Waals surface area contributed by atoms with E-state index in [-0.39, 0.29) is 10.8 Å². The van der Waals surface area contributed by atoms with E-state index in [1.807, 2.05) is 0 Å². The average Bonchev–Trinajstić information content (AvgIpc) is 3.46. The van der Waals surface area contributed by atoms with Crippen LogP contribution in [0.15, 0.2) is 132 Å². The summed E-state index contributed by atoms with van der Waals surface area (Å²) in [6, 6.07) is 48.3. The molecular weight excluding hydrogens is 632 g/mol. The second kappa shape index (κ2) is 9.21. The minimum Gasteiger partial charge on any atom is -0.0619 e. The summed E-state index contributed by atoms with van der Waals surface area (Å²) in [6.45, 7) is 9.45. The summed E-state index contributed by atoms with van der Waals surface area (Å²) in [4.78, 5) is 0. The fourth-order valence-electron chi connectivity index (χ4n) is 9.12. The highest BCUT2D eigenvalue weighted by Gasteiger charge is 2.36. The van der Waals surface area contributed by atoms with Crippen molar-refractivity contribution in [2.45, 2.75) is 38.5 Å². The number of fused-ring (bicyclic) bond motifs is 6. The third-order valence-electron chi connectivity index (χ3n) is 11.5. The van der Waals surface area contributed by atoms with Gasteiger partial charge in [-0.15, -0.1) is 0 Å². The van der Waals surface area contributed by atoms with Gasteiger partial charge in [0.05, 0.1) is 0 Å². The molecule has 0 amide bonds. The molecule has 0 atom stereocenters. The van der Waals surface area contributed by atoms with Gasteiger partial charge >= 0.3 is 0 Å². The normalized spacial score (nSPS) is 15.3. The van der Waals surface area contributed by atoms with Crippen LogP contribution in [-0.2, 0) is 10.8 Å². The van der Waals surface area contributed by atoms with E-state index in [1.165, 1.54) is 99.1 Å². The van der Waals surface area contributed by atoms with Gasteiger partial charge in [0.1, 0.15) is 0 Å². The predicted molar refractivity (Wildman–Crippen MR) is 204 cm³/mol. The maximum Gasteiger partial charge on any atom is 0.0266 e. The summed E-state index contributed by atoms with van der Waals surface area (Å²) >= 11 is 4.04. The highest BCUT2D eigenvalue weighted by atomic mass is 79.9. The van der Waals surface area contributed by atoms with E-state index in [4.69, 9.17) is 0 Å². The van der Waals surface area contributed by atoms with E-state index in [2.05, 4.69) is 171 Å². The molecule has 2 aliphatic rings. The van der Waals surface area contributed by atoms with Gasteiger partial charge in [-0.3, -0.25) is 0 Å². The second-order valence-electron chi connectivity index (χ2n) is 14.6. The van der Waals surface area contributed by atoms with Gasteiger partial charge in [-0.1, -0.05) is 153 Å². The summed E-state index contributed by atoms with van der Waals surface area (Å²) in [7, 11) is 0. The Labute approximate surface area is 284 Å². The van der Waals surface area contributed by atoms with Crippen molar-refractivity contribution in [1.82, 2.24) is 0 Å². The zero-order chi connectivity index (χ0) is 31.8. The Balaban J connectivity index is 1.19. The lowest BCUT2D eigenvalue weighted by atomic mass is 9.80. The highest BCUT2D eigenvalue weighted by Crippen LogP contribution is 2.53. The van der Waals surface area contributed by atoms with Gasteiger partial charge < -0.3 is 0 Å². The molecule has 10 rings (SSSR count). The molecule has 0 N–H and O–H groups in total. The van der Waals surface area contributed by atoms with Crippen molar-refractivity contribution >= 4 is 48.2 Å². The number of rotatable bonds is 2. The van der Waals surface area contributed by atoms with Crippen LogP contribution in [0.5, 0.6) is 0 Å². The Morgan fingerprint density at radius 1 is 0.404 bits per heavy atom. The van der Waals surface area contributed by atoms with Crippen molar-refractivity contribution in [3.63, 3.8) is 0 Å². The molecular formula is C46H33Br. The van der Waals surface area contributed by atoms with Gasteiger partial charge in [-0.05, 0) is 112 Å². The van der Waals surface area contributed by atoms with Gasteiger partial charge in [0.25, 0.3) is 0 Å². The van der Waals surface area contributed by atoms with E-state index < -0.39 is 0 Å². The molecule has 8 aromatic rings. The second-order valence-corrected chi connectivity index (χ2v) is 15.5. The van der Waals surface area contributed by atoms with Crippen LogP contribution in [0, 0.1) is 0 Å². The van der Waals surface area contributed by atoms with Crippen LogP contribution in [0.1, 0.15) is 49.9 Å². The maximum absolute atomic E-state index is 4.04. The quantitative estimate of drug-likeness (QED) is 0.161. The van der Waals surface area contributed by atoms with E-state index in [1.54, 1.807) is 0 Å². The highest BCUT2D eigenvalue weighted by molar-refractivity contribution is 9.10. The molecule has 0 saturated carbocycles. The van der Waals surface area contributed by atoms with Gasteiger partial charge in [0, 0.05) is 20.9 Å². The molecule has 0 spiro atoms. The van der Waals surface area contributed by atoms with E-state index in [0.717, 1.165) is 4.47 Å². The summed E-state index contributed by atoms with van der Waals surface area (Å²) in [5, 5.41) is 7.86. The molecule has 2 aliphatic carbocycles. The first-order valence-corrected chi connectivity index (χ1v) is 17.4. The lowest BCUT2D eigenvalue weighted by Crippen LogP contribution is -2.14. The van der Waals surface area contributed by atoms with E-state index >= 15 is 0 Å². The molecule has 0 saturated heterocycles. The number of hydrogen-bond donors (Lipinski definition) is 0. The number of benzene rings is 8. The topological polar surface area (TPSA) is 0 Å². The molecule has 0 unspecified atom stereocenters. The Hall–Kier alpha value is -4.72. The number of hydrogen-bond acceptors (Lipinski definition) is 0. The molecule has 0 nitrogen and oxygen atoms in total. The van der Waals surface area contributed by atoms with Crippen molar-refractivity contribution in [3.05, 3.63) is 154 Å². The first kappa shape index (κ1) is 27.4. The minimum atomic E-state index is -0.0428. The van der Waals surface area contributed by atoms with Crippen molar-refractivity contribution in [1.29, 1.82) is 0 Å². The molecule has 0 aliphatic heterocycles. The van der Waals surface area contributed by atoms with E-state index in [9.17, 15) is 0 Å². The van der Waals surface area contributed by atoms with Crippen molar-refractivity contribution in [2.75, 3.05) is 0 Å². The third kappa shape index (κ3) is 3.53. The van der Waals surface area contributed by atoms with Gasteiger partial charge in [0.15, 0.2) is 0 Å². The van der Waals surface area contributed by atoms with Crippen LogP contribution >= 0.6 is 15.9 Å². The monoisotopic (exact) mass is 664 g/mol. The molecule has 1 heteroatoms. The SMILES string of the molecule is CC1(C)c2ccccc2-c2ccc(-c3ccc4ccc5c(-c6ccc7c(c6)C(C)(C)c6ccccc6-7)c(Br)cc6ccc3c4c65)cc21. The van der Waals surface area contributed by atoms with Crippen molar-refractivity contribution in [3.8, 4) is 44.5 Å². The first-order valence-electron chi connectivity index (χ1n) is 16.6. The Kier molecular flexibility index (Phi) is 5.37. The zero-order valence-corrected chi connectivity index (χ0v) is 28.6.